The second-order valence-corrected chi connectivity index (χ2v) is 11.5. The van der Waals surface area contributed by atoms with E-state index in [1.54, 1.807) is 54.6 Å². The Labute approximate surface area is 258 Å². The molecular weight excluding hydrogens is 588 g/mol. The minimum absolute atomic E-state index is 0.0216. The highest BCUT2D eigenvalue weighted by Crippen LogP contribution is 2.54. The number of aromatic amines is 1. The molecule has 5 N–H and O–H groups in total. The number of aliphatic hydroxyl groups is 2. The number of hydrogen-bond acceptors (Lipinski definition) is 9. The number of aliphatic hydroxyl groups excluding tert-OH is 2. The van der Waals surface area contributed by atoms with Crippen molar-refractivity contribution >= 4 is 34.1 Å². The first-order valence-corrected chi connectivity index (χ1v) is 14.6. The van der Waals surface area contributed by atoms with Crippen LogP contribution in [0.15, 0.2) is 90.7 Å². The van der Waals surface area contributed by atoms with E-state index in [2.05, 4.69) is 10.3 Å². The standard InChI is InChI=1S/C36H26N2O8/c1-2-3-5-10-20-14-19-13-18-11-12-36(28(18)32(43)23(19)35(46)38-20)33(44)26-27(34(36)45)31(42)25-24(30(26)41)22(39)15-21(29(25)40)37-16-17-8-6-4-7-9-17/h2-10,13-15,37,43-45H,11-12,16H2,1H3,(H,38,46)/t36-/m0/s1. The molecule has 228 valence electrons. The molecule has 10 heteroatoms. The van der Waals surface area contributed by atoms with Gasteiger partial charge in [-0.15, -0.1) is 0 Å². The number of pyridine rings is 1. The van der Waals surface area contributed by atoms with Gasteiger partial charge in [-0.3, -0.25) is 24.0 Å². The topological polar surface area (TPSA) is 174 Å². The van der Waals surface area contributed by atoms with Crippen LogP contribution < -0.4 is 43.0 Å². The summed E-state index contributed by atoms with van der Waals surface area (Å²) in [6.07, 6.45) is 7.17. The van der Waals surface area contributed by atoms with E-state index < -0.39 is 70.8 Å². The molecule has 4 aliphatic rings. The van der Waals surface area contributed by atoms with E-state index in [0.717, 1.165) is 11.6 Å². The van der Waals surface area contributed by atoms with Crippen LogP contribution in [0.25, 0.3) is 28.4 Å². The Bertz CT molecular complexity index is 2680. The summed E-state index contributed by atoms with van der Waals surface area (Å²) >= 11 is 0. The molecule has 1 spiro atoms. The number of allylic oxidation sites excluding steroid dienone is 3. The molecule has 1 aromatic heterocycles. The van der Waals surface area contributed by atoms with E-state index >= 15 is 0 Å². The van der Waals surface area contributed by atoms with Crippen molar-refractivity contribution in [2.75, 3.05) is 5.32 Å². The molecule has 0 radical (unpaired) electrons. The Hall–Kier alpha value is -6.03. The summed E-state index contributed by atoms with van der Waals surface area (Å²) in [5.74, 6) is -1.97. The molecule has 2 aromatic carbocycles. The van der Waals surface area contributed by atoms with Gasteiger partial charge in [-0.2, -0.15) is 0 Å². The van der Waals surface area contributed by atoms with Crippen molar-refractivity contribution in [2.45, 2.75) is 31.7 Å². The lowest BCUT2D eigenvalue weighted by atomic mass is 9.78. The lowest BCUT2D eigenvalue weighted by Crippen LogP contribution is -2.52. The number of aromatic nitrogens is 1. The highest BCUT2D eigenvalue weighted by Gasteiger charge is 2.53. The SMILES string of the molecule is CC=CC=Cc1cc2cc3c(c(O)c2c(=O)[nH]1)[C@@]1(CC3)C(O)=c2c(=O)c3c(=O)cc(NCc4ccccc4)c(=O)c=3c(=O)c2=C1O. The van der Waals surface area contributed by atoms with Crippen LogP contribution in [0, 0.1) is 10.4 Å². The molecule has 0 fully saturated rings. The van der Waals surface area contributed by atoms with E-state index in [9.17, 15) is 39.3 Å². The van der Waals surface area contributed by atoms with Gasteiger partial charge in [-0.25, -0.2) is 0 Å². The average Bonchev–Trinajstić information content (AvgIpc) is 3.53. The van der Waals surface area contributed by atoms with Gasteiger partial charge in [-0.1, -0.05) is 54.6 Å². The van der Waals surface area contributed by atoms with Gasteiger partial charge in [0.1, 0.15) is 22.7 Å². The molecular formula is C36H26N2O8. The Morgan fingerprint density at radius 3 is 2.24 bits per heavy atom. The number of phenolic OH excluding ortho intramolecular Hbond substituents is 1. The summed E-state index contributed by atoms with van der Waals surface area (Å²) in [5.41, 5.74) is -4.96. The molecule has 0 bridgehead atoms. The van der Waals surface area contributed by atoms with Gasteiger partial charge in [-0.05, 0) is 48.4 Å². The van der Waals surface area contributed by atoms with Gasteiger partial charge in [0.25, 0.3) is 5.56 Å². The molecule has 46 heavy (non-hydrogen) atoms. The third-order valence-electron chi connectivity index (χ3n) is 8.99. The number of anilines is 1. The van der Waals surface area contributed by atoms with Gasteiger partial charge in [0, 0.05) is 23.9 Å². The number of H-pyrrole nitrogens is 1. The van der Waals surface area contributed by atoms with Gasteiger partial charge in [0.15, 0.2) is 5.43 Å². The average molecular weight is 615 g/mol. The zero-order valence-electron chi connectivity index (χ0n) is 24.4. The van der Waals surface area contributed by atoms with Crippen molar-refractivity contribution in [1.82, 2.24) is 4.98 Å². The van der Waals surface area contributed by atoms with Gasteiger partial charge >= 0.3 is 0 Å². The number of fused-ring (bicyclic) bond motifs is 4. The number of aryl methyl sites for hydroxylation is 1. The highest BCUT2D eigenvalue weighted by molar-refractivity contribution is 5.94. The van der Waals surface area contributed by atoms with E-state index in [4.69, 9.17) is 0 Å². The predicted octanol–water partition coefficient (Wildman–Crippen LogP) is 1.71. The van der Waals surface area contributed by atoms with E-state index in [-0.39, 0.29) is 36.0 Å². The molecule has 10 nitrogen and oxygen atoms in total. The second-order valence-electron chi connectivity index (χ2n) is 11.5. The van der Waals surface area contributed by atoms with E-state index in [1.165, 1.54) is 0 Å². The number of phenols is 1. The van der Waals surface area contributed by atoms with Crippen LogP contribution in [0.1, 0.15) is 35.7 Å². The largest absolute Gasteiger partial charge is 0.510 e. The fraction of sp³-hybridized carbons (Fsp3) is 0.139. The molecule has 0 saturated carbocycles. The van der Waals surface area contributed by atoms with Crippen molar-refractivity contribution in [2.24, 2.45) is 0 Å². The Balaban J connectivity index is 1.49. The monoisotopic (exact) mass is 614 g/mol. The van der Waals surface area contributed by atoms with E-state index in [0.29, 0.717) is 16.6 Å². The van der Waals surface area contributed by atoms with Gasteiger partial charge < -0.3 is 25.6 Å². The molecule has 0 amide bonds. The zero-order valence-corrected chi connectivity index (χ0v) is 24.4. The summed E-state index contributed by atoms with van der Waals surface area (Å²) in [6, 6.07) is 13.3. The van der Waals surface area contributed by atoms with Gasteiger partial charge in [0.2, 0.25) is 16.3 Å². The number of nitrogens with one attached hydrogen (secondary N) is 2. The summed E-state index contributed by atoms with van der Waals surface area (Å²) < 4.78 is 0. The van der Waals surface area contributed by atoms with Crippen LogP contribution in [0.3, 0.4) is 0 Å². The van der Waals surface area contributed by atoms with Crippen molar-refractivity contribution < 1.29 is 15.3 Å². The van der Waals surface area contributed by atoms with Gasteiger partial charge in [0.05, 0.1) is 31.9 Å². The van der Waals surface area contributed by atoms with Crippen LogP contribution in [0.4, 0.5) is 5.69 Å². The third kappa shape index (κ3) is 3.86. The molecule has 4 aliphatic carbocycles. The predicted molar refractivity (Wildman–Crippen MR) is 174 cm³/mol. The van der Waals surface area contributed by atoms with Crippen LogP contribution in [-0.4, -0.2) is 20.3 Å². The minimum Gasteiger partial charge on any atom is -0.510 e. The van der Waals surface area contributed by atoms with Crippen molar-refractivity contribution in [1.29, 1.82) is 0 Å². The zero-order chi connectivity index (χ0) is 32.5. The van der Waals surface area contributed by atoms with Crippen molar-refractivity contribution in [3.63, 3.8) is 0 Å². The Morgan fingerprint density at radius 2 is 1.54 bits per heavy atom. The number of rotatable bonds is 5. The summed E-state index contributed by atoms with van der Waals surface area (Å²) in [5, 5.41) is 35.5. The Morgan fingerprint density at radius 1 is 0.848 bits per heavy atom. The van der Waals surface area contributed by atoms with Crippen molar-refractivity contribution in [3.05, 3.63) is 161 Å². The molecule has 3 aromatic rings. The fourth-order valence-electron chi connectivity index (χ4n) is 6.92. The van der Waals surface area contributed by atoms with Crippen LogP contribution in [0.2, 0.25) is 0 Å². The van der Waals surface area contributed by atoms with Crippen LogP contribution in [0.5, 0.6) is 5.75 Å². The normalized spacial score (nSPS) is 17.2. The number of benzene rings is 2. The quantitative estimate of drug-likeness (QED) is 0.185. The third-order valence-corrected chi connectivity index (χ3v) is 8.99. The van der Waals surface area contributed by atoms with Crippen LogP contribution >= 0.6 is 0 Å². The molecule has 1 atom stereocenters. The fourth-order valence-corrected chi connectivity index (χ4v) is 6.92. The Kier molecular flexibility index (Phi) is 6.41. The minimum atomic E-state index is -1.94. The lowest BCUT2D eigenvalue weighted by Gasteiger charge is -2.27. The molecule has 0 aliphatic heterocycles. The summed E-state index contributed by atoms with van der Waals surface area (Å²) in [6.45, 7) is 2.01. The molecule has 7 rings (SSSR count). The number of hydrogen-bond donors (Lipinski definition) is 5. The summed E-state index contributed by atoms with van der Waals surface area (Å²) in [4.78, 5) is 70.4. The smallest absolute Gasteiger partial charge is 0.260 e. The number of aromatic hydroxyl groups is 1. The molecule has 0 saturated heterocycles. The maximum absolute atomic E-state index is 13.9. The van der Waals surface area contributed by atoms with Crippen LogP contribution in [-0.2, 0) is 18.4 Å². The first-order valence-electron chi connectivity index (χ1n) is 14.6. The summed E-state index contributed by atoms with van der Waals surface area (Å²) in [7, 11) is 0. The van der Waals surface area contributed by atoms with Crippen molar-refractivity contribution in [3.8, 4) is 5.75 Å². The second kappa shape index (κ2) is 10.3. The van der Waals surface area contributed by atoms with E-state index in [1.807, 2.05) is 19.1 Å². The molecule has 1 heterocycles. The first kappa shape index (κ1) is 28.7. The highest BCUT2D eigenvalue weighted by atomic mass is 16.3. The maximum Gasteiger partial charge on any atom is 0.260 e. The maximum atomic E-state index is 13.9. The molecule has 0 unspecified atom stereocenters. The first-order chi connectivity index (χ1) is 22.1. The lowest BCUT2D eigenvalue weighted by molar-refractivity contribution is 0.362.